The summed E-state index contributed by atoms with van der Waals surface area (Å²) in [4.78, 5) is 29.5. The van der Waals surface area contributed by atoms with Crippen molar-refractivity contribution < 1.29 is 14.3 Å². The number of benzene rings is 3. The Balaban J connectivity index is 1.43. The molecule has 1 fully saturated rings. The number of carbonyl (C=O) groups is 2. The first kappa shape index (κ1) is 21.5. The van der Waals surface area contributed by atoms with Crippen molar-refractivity contribution in [3.8, 4) is 5.75 Å². The van der Waals surface area contributed by atoms with E-state index in [2.05, 4.69) is 42.2 Å². The number of carbonyl (C=O) groups excluding carboxylic acids is 2. The van der Waals surface area contributed by atoms with Crippen LogP contribution in [0.15, 0.2) is 91.6 Å². The number of halogens is 2. The molecule has 3 aromatic carbocycles. The van der Waals surface area contributed by atoms with E-state index in [4.69, 9.17) is 4.74 Å². The molecule has 1 aliphatic heterocycles. The van der Waals surface area contributed by atoms with E-state index in [1.807, 2.05) is 24.3 Å². The fraction of sp³-hybridized carbons (Fsp3) is 0. The lowest BCUT2D eigenvalue weighted by Gasteiger charge is -2.05. The summed E-state index contributed by atoms with van der Waals surface area (Å²) in [7, 11) is 0. The number of amidine groups is 1. The van der Waals surface area contributed by atoms with E-state index in [1.54, 1.807) is 54.6 Å². The lowest BCUT2D eigenvalue weighted by Crippen LogP contribution is -2.19. The quantitative estimate of drug-likeness (QED) is 0.231. The maximum atomic E-state index is 12.3. The Hall–Kier alpha value is -2.68. The molecule has 0 atom stereocenters. The second-order valence-electron chi connectivity index (χ2n) is 6.42. The van der Waals surface area contributed by atoms with Gasteiger partial charge >= 0.3 is 5.97 Å². The Morgan fingerprint density at radius 1 is 0.903 bits per heavy atom. The van der Waals surface area contributed by atoms with E-state index in [-0.39, 0.29) is 5.91 Å². The number of rotatable bonds is 4. The van der Waals surface area contributed by atoms with Gasteiger partial charge in [0, 0.05) is 8.95 Å². The summed E-state index contributed by atoms with van der Waals surface area (Å²) in [5, 5.41) is 3.29. The number of thioether (sulfide) groups is 1. The molecule has 1 saturated heterocycles. The maximum Gasteiger partial charge on any atom is 0.343 e. The van der Waals surface area contributed by atoms with E-state index in [0.717, 1.165) is 20.2 Å². The van der Waals surface area contributed by atoms with Gasteiger partial charge < -0.3 is 10.1 Å². The SMILES string of the molecule is O=C1NC(=Nc2ccc(Br)cc2)S/C1=C\c1ccc(OC(=O)c2ccc(Br)cc2)cc1. The minimum absolute atomic E-state index is 0.202. The predicted molar refractivity (Wildman–Crippen MR) is 130 cm³/mol. The fourth-order valence-corrected chi connectivity index (χ4v) is 4.02. The van der Waals surface area contributed by atoms with Crippen LogP contribution < -0.4 is 10.1 Å². The van der Waals surface area contributed by atoms with Gasteiger partial charge in [0.1, 0.15) is 5.75 Å². The topological polar surface area (TPSA) is 67.8 Å². The van der Waals surface area contributed by atoms with Gasteiger partial charge in [-0.25, -0.2) is 9.79 Å². The zero-order valence-corrected chi connectivity index (χ0v) is 19.8. The maximum absolute atomic E-state index is 12.3. The zero-order chi connectivity index (χ0) is 21.8. The van der Waals surface area contributed by atoms with Crippen molar-refractivity contribution in [3.05, 3.63) is 97.8 Å². The average Bonchev–Trinajstić information content (AvgIpc) is 3.10. The summed E-state index contributed by atoms with van der Waals surface area (Å²) < 4.78 is 7.25. The van der Waals surface area contributed by atoms with Crippen LogP contribution in [-0.2, 0) is 4.79 Å². The normalized spacial score (nSPS) is 15.9. The third-order valence-electron chi connectivity index (χ3n) is 4.18. The van der Waals surface area contributed by atoms with E-state index in [1.165, 1.54) is 11.8 Å². The van der Waals surface area contributed by atoms with Crippen molar-refractivity contribution in [2.75, 3.05) is 0 Å². The largest absolute Gasteiger partial charge is 0.423 e. The summed E-state index contributed by atoms with van der Waals surface area (Å²) in [6.07, 6.45) is 1.77. The van der Waals surface area contributed by atoms with Crippen molar-refractivity contribution >= 4 is 72.4 Å². The summed E-state index contributed by atoms with van der Waals surface area (Å²) in [6, 6.07) is 21.4. The molecule has 0 unspecified atom stereocenters. The first-order valence-corrected chi connectivity index (χ1v) is 11.5. The molecule has 0 bridgehead atoms. The van der Waals surface area contributed by atoms with Crippen molar-refractivity contribution in [1.82, 2.24) is 5.32 Å². The highest BCUT2D eigenvalue weighted by Gasteiger charge is 2.23. The molecule has 1 heterocycles. The number of esters is 1. The Labute approximate surface area is 199 Å². The van der Waals surface area contributed by atoms with Crippen LogP contribution in [0.25, 0.3) is 6.08 Å². The summed E-state index contributed by atoms with van der Waals surface area (Å²) >= 11 is 8.00. The van der Waals surface area contributed by atoms with Crippen LogP contribution in [0.4, 0.5) is 5.69 Å². The van der Waals surface area contributed by atoms with E-state index < -0.39 is 5.97 Å². The van der Waals surface area contributed by atoms with Crippen molar-refractivity contribution in [2.45, 2.75) is 0 Å². The van der Waals surface area contributed by atoms with Crippen molar-refractivity contribution in [1.29, 1.82) is 0 Å². The fourth-order valence-electron chi connectivity index (χ4n) is 2.65. The van der Waals surface area contributed by atoms with Gasteiger partial charge in [-0.2, -0.15) is 0 Å². The summed E-state index contributed by atoms with van der Waals surface area (Å²) in [5.74, 6) is -0.208. The lowest BCUT2D eigenvalue weighted by molar-refractivity contribution is -0.115. The number of hydrogen-bond donors (Lipinski definition) is 1. The van der Waals surface area contributed by atoms with Gasteiger partial charge in [-0.3, -0.25) is 4.79 Å². The van der Waals surface area contributed by atoms with Crippen LogP contribution in [0.5, 0.6) is 5.75 Å². The minimum Gasteiger partial charge on any atom is -0.423 e. The van der Waals surface area contributed by atoms with Crippen LogP contribution in [0, 0.1) is 0 Å². The average molecular weight is 558 g/mol. The van der Waals surface area contributed by atoms with Gasteiger partial charge in [0.2, 0.25) is 0 Å². The highest BCUT2D eigenvalue weighted by atomic mass is 79.9. The smallest absolute Gasteiger partial charge is 0.343 e. The zero-order valence-electron chi connectivity index (χ0n) is 15.8. The van der Waals surface area contributed by atoms with Crippen LogP contribution in [0.2, 0.25) is 0 Å². The standard InChI is InChI=1S/C23H14Br2N2O3S/c24-16-5-3-15(4-6-16)22(29)30-19-11-1-14(2-12-19)13-20-21(28)27-23(31-20)26-18-9-7-17(25)8-10-18/h1-13H,(H,26,27,28)/b20-13-. The first-order chi connectivity index (χ1) is 15.0. The molecule has 0 spiro atoms. The number of nitrogens with one attached hydrogen (secondary N) is 1. The molecule has 0 radical (unpaired) electrons. The van der Waals surface area contributed by atoms with E-state index in [9.17, 15) is 9.59 Å². The van der Waals surface area contributed by atoms with Crippen LogP contribution in [0.3, 0.4) is 0 Å². The molecular formula is C23H14Br2N2O3S. The molecule has 3 aromatic rings. The van der Waals surface area contributed by atoms with Gasteiger partial charge in [0.05, 0.1) is 16.2 Å². The Bertz CT molecular complexity index is 1190. The molecule has 1 aliphatic rings. The molecule has 0 saturated carbocycles. The molecular weight excluding hydrogens is 544 g/mol. The minimum atomic E-state index is -0.432. The Morgan fingerprint density at radius 2 is 1.52 bits per heavy atom. The Morgan fingerprint density at radius 3 is 2.16 bits per heavy atom. The molecule has 0 aromatic heterocycles. The monoisotopic (exact) mass is 556 g/mol. The summed E-state index contributed by atoms with van der Waals surface area (Å²) in [5.41, 5.74) is 2.03. The molecule has 0 aliphatic carbocycles. The van der Waals surface area contributed by atoms with Gasteiger partial charge in [0.25, 0.3) is 5.91 Å². The highest BCUT2D eigenvalue weighted by Crippen LogP contribution is 2.29. The molecule has 31 heavy (non-hydrogen) atoms. The van der Waals surface area contributed by atoms with Crippen LogP contribution >= 0.6 is 43.6 Å². The van der Waals surface area contributed by atoms with Gasteiger partial charge in [-0.15, -0.1) is 0 Å². The van der Waals surface area contributed by atoms with Gasteiger partial charge in [0.15, 0.2) is 5.17 Å². The van der Waals surface area contributed by atoms with Gasteiger partial charge in [-0.1, -0.05) is 44.0 Å². The highest BCUT2D eigenvalue weighted by molar-refractivity contribution is 9.10. The van der Waals surface area contributed by atoms with Crippen LogP contribution in [-0.4, -0.2) is 17.0 Å². The third kappa shape index (κ3) is 5.72. The molecule has 1 N–H and O–H groups in total. The molecule has 5 nitrogen and oxygen atoms in total. The number of hydrogen-bond acceptors (Lipinski definition) is 5. The number of nitrogens with zero attached hydrogens (tertiary/aromatic N) is 1. The summed E-state index contributed by atoms with van der Waals surface area (Å²) in [6.45, 7) is 0. The molecule has 154 valence electrons. The second kappa shape index (κ2) is 9.64. The predicted octanol–water partition coefficient (Wildman–Crippen LogP) is 6.32. The molecule has 8 heteroatoms. The Kier molecular flexibility index (Phi) is 6.70. The van der Waals surface area contributed by atoms with Crippen molar-refractivity contribution in [2.24, 2.45) is 4.99 Å². The van der Waals surface area contributed by atoms with E-state index >= 15 is 0 Å². The van der Waals surface area contributed by atoms with Gasteiger partial charge in [-0.05, 0) is 84.1 Å². The molecule has 1 amide bonds. The second-order valence-corrected chi connectivity index (χ2v) is 9.29. The number of aliphatic imine (C=N–C) groups is 1. The first-order valence-electron chi connectivity index (χ1n) is 9.09. The van der Waals surface area contributed by atoms with E-state index in [0.29, 0.717) is 21.4 Å². The number of ether oxygens (including phenoxy) is 1. The lowest BCUT2D eigenvalue weighted by atomic mass is 10.2. The van der Waals surface area contributed by atoms with Crippen molar-refractivity contribution in [3.63, 3.8) is 0 Å². The third-order valence-corrected chi connectivity index (χ3v) is 6.14. The van der Waals surface area contributed by atoms with Crippen LogP contribution in [0.1, 0.15) is 15.9 Å². The molecule has 4 rings (SSSR count). The number of amides is 1.